The highest BCUT2D eigenvalue weighted by Crippen LogP contribution is 2.22. The highest BCUT2D eigenvalue weighted by Gasteiger charge is 2.19. The Balaban J connectivity index is 1.62. The Morgan fingerprint density at radius 3 is 2.62 bits per heavy atom. The van der Waals surface area contributed by atoms with Gasteiger partial charge in [0.15, 0.2) is 0 Å². The van der Waals surface area contributed by atoms with Crippen LogP contribution in [0.3, 0.4) is 0 Å². The van der Waals surface area contributed by atoms with Gasteiger partial charge in [-0.15, -0.1) is 0 Å². The molecule has 0 bridgehead atoms. The monoisotopic (exact) mass is 353 g/mol. The Morgan fingerprint density at radius 1 is 1.19 bits per heavy atom. The number of rotatable bonds is 7. The van der Waals surface area contributed by atoms with Crippen molar-refractivity contribution in [1.29, 1.82) is 0 Å². The van der Waals surface area contributed by atoms with Crippen LogP contribution in [0.1, 0.15) is 23.3 Å². The first-order valence-corrected chi connectivity index (χ1v) is 8.53. The number of nitrogens with one attached hydrogen (secondary N) is 1. The number of nitrogens with zero attached hydrogens (tertiary/aromatic N) is 2. The summed E-state index contributed by atoms with van der Waals surface area (Å²) in [5.74, 6) is 1.92. The molecule has 2 heterocycles. The molecule has 3 rings (SSSR count). The normalized spacial score (nSPS) is 12.3. The minimum absolute atomic E-state index is 0.0211. The van der Waals surface area contributed by atoms with Crippen molar-refractivity contribution in [1.82, 2.24) is 15.2 Å². The molecule has 1 unspecified atom stereocenters. The molecule has 136 valence electrons. The SMILES string of the molecule is Cc1oc(-c2ccccc2)nc1CC(=O)NCC(c1ccco1)N(C)C. The molecule has 1 aromatic carbocycles. The van der Waals surface area contributed by atoms with Crippen LogP contribution in [-0.4, -0.2) is 36.4 Å². The van der Waals surface area contributed by atoms with Gasteiger partial charge in [-0.1, -0.05) is 18.2 Å². The van der Waals surface area contributed by atoms with Gasteiger partial charge in [0.25, 0.3) is 0 Å². The molecule has 2 aromatic heterocycles. The van der Waals surface area contributed by atoms with Gasteiger partial charge < -0.3 is 14.2 Å². The van der Waals surface area contributed by atoms with Crippen molar-refractivity contribution in [3.05, 3.63) is 65.9 Å². The second-order valence-corrected chi connectivity index (χ2v) is 6.36. The lowest BCUT2D eigenvalue weighted by Gasteiger charge is -2.22. The lowest BCUT2D eigenvalue weighted by atomic mass is 10.2. The van der Waals surface area contributed by atoms with Gasteiger partial charge in [0, 0.05) is 12.1 Å². The van der Waals surface area contributed by atoms with E-state index in [4.69, 9.17) is 8.83 Å². The fourth-order valence-electron chi connectivity index (χ4n) is 2.74. The van der Waals surface area contributed by atoms with E-state index in [-0.39, 0.29) is 18.4 Å². The van der Waals surface area contributed by atoms with Crippen molar-refractivity contribution < 1.29 is 13.6 Å². The van der Waals surface area contributed by atoms with Crippen LogP contribution in [0.5, 0.6) is 0 Å². The van der Waals surface area contributed by atoms with Gasteiger partial charge in [0.05, 0.1) is 24.4 Å². The minimum atomic E-state index is -0.0978. The Morgan fingerprint density at radius 2 is 1.96 bits per heavy atom. The summed E-state index contributed by atoms with van der Waals surface area (Å²) >= 11 is 0. The van der Waals surface area contributed by atoms with E-state index in [0.717, 1.165) is 11.3 Å². The van der Waals surface area contributed by atoms with Crippen molar-refractivity contribution in [2.45, 2.75) is 19.4 Å². The number of carbonyl (C=O) groups is 1. The van der Waals surface area contributed by atoms with E-state index in [0.29, 0.717) is 23.9 Å². The summed E-state index contributed by atoms with van der Waals surface area (Å²) in [4.78, 5) is 18.8. The molecule has 1 N–H and O–H groups in total. The Hall–Kier alpha value is -2.86. The smallest absolute Gasteiger partial charge is 0.226 e. The second kappa shape index (κ2) is 8.01. The van der Waals surface area contributed by atoms with Crippen LogP contribution >= 0.6 is 0 Å². The van der Waals surface area contributed by atoms with Crippen molar-refractivity contribution in [3.63, 3.8) is 0 Å². The zero-order chi connectivity index (χ0) is 18.5. The number of aryl methyl sites for hydroxylation is 1. The summed E-state index contributed by atoms with van der Waals surface area (Å²) in [6.45, 7) is 2.29. The van der Waals surface area contributed by atoms with Crippen LogP contribution in [0.25, 0.3) is 11.5 Å². The van der Waals surface area contributed by atoms with Crippen molar-refractivity contribution in [2.75, 3.05) is 20.6 Å². The van der Waals surface area contributed by atoms with Gasteiger partial charge in [-0.25, -0.2) is 4.98 Å². The molecule has 1 amide bonds. The molecule has 0 aliphatic carbocycles. The molecule has 0 spiro atoms. The average molecular weight is 353 g/mol. The summed E-state index contributed by atoms with van der Waals surface area (Å²) in [5.41, 5.74) is 1.55. The third kappa shape index (κ3) is 4.21. The molecule has 0 aliphatic heterocycles. The molecule has 1 atom stereocenters. The second-order valence-electron chi connectivity index (χ2n) is 6.36. The van der Waals surface area contributed by atoms with Gasteiger partial charge in [-0.2, -0.15) is 0 Å². The van der Waals surface area contributed by atoms with E-state index >= 15 is 0 Å². The largest absolute Gasteiger partial charge is 0.468 e. The maximum absolute atomic E-state index is 12.4. The van der Waals surface area contributed by atoms with Gasteiger partial charge in [-0.3, -0.25) is 9.69 Å². The molecule has 6 nitrogen and oxygen atoms in total. The molecular weight excluding hydrogens is 330 g/mol. The number of likely N-dealkylation sites (N-methyl/N-ethyl adjacent to an activating group) is 1. The summed E-state index contributed by atoms with van der Waals surface area (Å²) in [5, 5.41) is 2.95. The number of hydrogen-bond acceptors (Lipinski definition) is 5. The van der Waals surface area contributed by atoms with Crippen LogP contribution < -0.4 is 5.32 Å². The third-order valence-corrected chi connectivity index (χ3v) is 4.23. The van der Waals surface area contributed by atoms with Crippen LogP contribution in [0.15, 0.2) is 57.6 Å². The van der Waals surface area contributed by atoms with Crippen LogP contribution in [0.2, 0.25) is 0 Å². The van der Waals surface area contributed by atoms with Gasteiger partial charge in [0.2, 0.25) is 11.8 Å². The highest BCUT2D eigenvalue weighted by molar-refractivity contribution is 5.78. The van der Waals surface area contributed by atoms with Crippen molar-refractivity contribution in [3.8, 4) is 11.5 Å². The highest BCUT2D eigenvalue weighted by atomic mass is 16.4. The van der Waals surface area contributed by atoms with E-state index < -0.39 is 0 Å². The maximum atomic E-state index is 12.4. The fourth-order valence-corrected chi connectivity index (χ4v) is 2.74. The molecule has 0 saturated carbocycles. The summed E-state index contributed by atoms with van der Waals surface area (Å²) < 4.78 is 11.2. The summed E-state index contributed by atoms with van der Waals surface area (Å²) in [7, 11) is 3.90. The van der Waals surface area contributed by atoms with Gasteiger partial charge in [-0.05, 0) is 45.3 Å². The molecule has 0 radical (unpaired) electrons. The topological polar surface area (TPSA) is 71.5 Å². The molecular formula is C20H23N3O3. The third-order valence-electron chi connectivity index (χ3n) is 4.23. The molecule has 3 aromatic rings. The van der Waals surface area contributed by atoms with Crippen LogP contribution in [-0.2, 0) is 11.2 Å². The summed E-state index contributed by atoms with van der Waals surface area (Å²) in [6.07, 6.45) is 1.82. The molecule has 26 heavy (non-hydrogen) atoms. The lowest BCUT2D eigenvalue weighted by molar-refractivity contribution is -0.120. The maximum Gasteiger partial charge on any atom is 0.226 e. The number of aromatic nitrogens is 1. The average Bonchev–Trinajstić information content (AvgIpc) is 3.26. The van der Waals surface area contributed by atoms with E-state index in [1.165, 1.54) is 0 Å². The number of amides is 1. The predicted molar refractivity (Wildman–Crippen MR) is 98.5 cm³/mol. The van der Waals surface area contributed by atoms with Gasteiger partial charge in [0.1, 0.15) is 11.5 Å². The Kier molecular flexibility index (Phi) is 5.53. The minimum Gasteiger partial charge on any atom is -0.468 e. The van der Waals surface area contributed by atoms with E-state index in [2.05, 4.69) is 10.3 Å². The zero-order valence-corrected chi connectivity index (χ0v) is 15.2. The molecule has 0 fully saturated rings. The number of oxazole rings is 1. The van der Waals surface area contributed by atoms with E-state index in [9.17, 15) is 4.79 Å². The molecule has 0 aliphatic rings. The Labute approximate surface area is 152 Å². The van der Waals surface area contributed by atoms with Crippen LogP contribution in [0, 0.1) is 6.92 Å². The number of benzene rings is 1. The first kappa shape index (κ1) is 17.9. The van der Waals surface area contributed by atoms with Crippen LogP contribution in [0.4, 0.5) is 0 Å². The lowest BCUT2D eigenvalue weighted by Crippen LogP contribution is -2.35. The number of carbonyl (C=O) groups excluding carboxylic acids is 1. The molecule has 0 saturated heterocycles. The predicted octanol–water partition coefficient (Wildman–Crippen LogP) is 3.20. The fraction of sp³-hybridized carbons (Fsp3) is 0.300. The zero-order valence-electron chi connectivity index (χ0n) is 15.2. The summed E-state index contributed by atoms with van der Waals surface area (Å²) in [6, 6.07) is 13.4. The van der Waals surface area contributed by atoms with Gasteiger partial charge >= 0.3 is 0 Å². The van der Waals surface area contributed by atoms with E-state index in [1.807, 2.05) is 68.4 Å². The number of furan rings is 1. The first-order chi connectivity index (χ1) is 12.5. The van der Waals surface area contributed by atoms with E-state index in [1.54, 1.807) is 6.26 Å². The standard InChI is InChI=1S/C20H23N3O3/c1-14-16(22-20(26-14)15-8-5-4-6-9-15)12-19(24)21-13-17(23(2)3)18-10-7-11-25-18/h4-11,17H,12-13H2,1-3H3,(H,21,24). The van der Waals surface area contributed by atoms with Crippen molar-refractivity contribution >= 4 is 5.91 Å². The Bertz CT molecular complexity index is 839. The first-order valence-electron chi connectivity index (χ1n) is 8.53. The quantitative estimate of drug-likeness (QED) is 0.706. The van der Waals surface area contributed by atoms with Crippen molar-refractivity contribution in [2.24, 2.45) is 0 Å². The molecule has 6 heteroatoms. The number of hydrogen-bond donors (Lipinski definition) is 1.